The molecule has 0 unspecified atom stereocenters. The van der Waals surface area contributed by atoms with Gasteiger partial charge in [0.1, 0.15) is 5.56 Å². The Balaban J connectivity index is 1.91. The highest BCUT2D eigenvalue weighted by atomic mass is 32.2. The summed E-state index contributed by atoms with van der Waals surface area (Å²) in [6, 6.07) is 7.81. The van der Waals surface area contributed by atoms with E-state index < -0.39 is 31.6 Å². The lowest BCUT2D eigenvalue weighted by Gasteiger charge is -2.09. The molecule has 0 spiro atoms. The molecule has 0 aliphatic heterocycles. The van der Waals surface area contributed by atoms with Crippen molar-refractivity contribution in [2.45, 2.75) is 24.0 Å². The highest BCUT2D eigenvalue weighted by Crippen LogP contribution is 2.35. The van der Waals surface area contributed by atoms with Gasteiger partial charge in [-0.3, -0.25) is 20.2 Å². The highest BCUT2D eigenvalue weighted by molar-refractivity contribution is 7.92. The Kier molecular flexibility index (Phi) is 6.62. The summed E-state index contributed by atoms with van der Waals surface area (Å²) >= 11 is 0. The first-order valence-electron chi connectivity index (χ1n) is 9.48. The Hall–Kier alpha value is -4.00. The van der Waals surface area contributed by atoms with Crippen molar-refractivity contribution in [1.29, 1.82) is 0 Å². The fourth-order valence-corrected chi connectivity index (χ4v) is 3.94. The molecule has 0 aliphatic carbocycles. The molecule has 0 radical (unpaired) electrons. The average molecular weight is 476 g/mol. The molecule has 0 bridgehead atoms. The molecule has 0 fully saturated rings. The van der Waals surface area contributed by atoms with Gasteiger partial charge in [0, 0.05) is 11.6 Å². The highest BCUT2D eigenvalue weighted by Gasteiger charge is 2.26. The van der Waals surface area contributed by atoms with E-state index in [2.05, 4.69) is 15.5 Å². The number of hydrogen-bond donors (Lipinski definition) is 1. The van der Waals surface area contributed by atoms with Crippen molar-refractivity contribution >= 4 is 27.4 Å². The zero-order valence-corrected chi connectivity index (χ0v) is 18.9. The molecule has 33 heavy (non-hydrogen) atoms. The predicted octanol–water partition coefficient (Wildman–Crippen LogP) is 3.10. The van der Waals surface area contributed by atoms with Crippen molar-refractivity contribution in [2.75, 3.05) is 19.5 Å². The van der Waals surface area contributed by atoms with Gasteiger partial charge >= 0.3 is 6.01 Å². The number of amides is 1. The molecule has 0 saturated carbocycles. The maximum absolute atomic E-state index is 12.7. The number of ether oxygens (including phenoxy) is 2. The van der Waals surface area contributed by atoms with Gasteiger partial charge in [-0.1, -0.05) is 11.2 Å². The number of benzene rings is 2. The lowest BCUT2D eigenvalue weighted by atomic mass is 10.1. The first kappa shape index (κ1) is 23.7. The Morgan fingerprint density at radius 3 is 2.39 bits per heavy atom. The monoisotopic (exact) mass is 476 g/mol. The van der Waals surface area contributed by atoms with Crippen molar-refractivity contribution in [3.8, 4) is 23.0 Å². The van der Waals surface area contributed by atoms with Gasteiger partial charge < -0.3 is 13.9 Å². The zero-order valence-electron chi connectivity index (χ0n) is 18.1. The van der Waals surface area contributed by atoms with Crippen molar-refractivity contribution in [2.24, 2.45) is 0 Å². The van der Waals surface area contributed by atoms with E-state index in [0.29, 0.717) is 5.56 Å². The molecule has 1 N–H and O–H groups in total. The summed E-state index contributed by atoms with van der Waals surface area (Å²) < 4.78 is 40.4. The number of nitro groups is 1. The van der Waals surface area contributed by atoms with Gasteiger partial charge in [-0.05, 0) is 32.0 Å². The fourth-order valence-electron chi connectivity index (χ4n) is 2.83. The second-order valence-corrected chi connectivity index (χ2v) is 9.47. The van der Waals surface area contributed by atoms with E-state index in [9.17, 15) is 23.3 Å². The van der Waals surface area contributed by atoms with Crippen LogP contribution in [0.3, 0.4) is 0 Å². The lowest BCUT2D eigenvalue weighted by Crippen LogP contribution is -2.14. The van der Waals surface area contributed by atoms with Crippen LogP contribution in [0.15, 0.2) is 45.7 Å². The van der Waals surface area contributed by atoms with Gasteiger partial charge in [0.05, 0.1) is 35.4 Å². The second kappa shape index (κ2) is 9.24. The van der Waals surface area contributed by atoms with Crippen LogP contribution in [-0.2, 0) is 9.84 Å². The largest absolute Gasteiger partial charge is 0.493 e. The molecular formula is C20H20N4O8S. The van der Waals surface area contributed by atoms with E-state index >= 15 is 0 Å². The van der Waals surface area contributed by atoms with Crippen molar-refractivity contribution in [3.05, 3.63) is 52.1 Å². The van der Waals surface area contributed by atoms with Gasteiger partial charge in [0.2, 0.25) is 5.89 Å². The minimum Gasteiger partial charge on any atom is -0.493 e. The number of anilines is 1. The number of carbonyl (C=O) groups is 1. The van der Waals surface area contributed by atoms with Crippen LogP contribution in [0.5, 0.6) is 11.5 Å². The Morgan fingerprint density at radius 1 is 1.12 bits per heavy atom. The molecule has 12 nitrogen and oxygen atoms in total. The molecular weight excluding hydrogens is 456 g/mol. The number of hydrogen-bond acceptors (Lipinski definition) is 10. The van der Waals surface area contributed by atoms with E-state index in [1.54, 1.807) is 19.9 Å². The first-order chi connectivity index (χ1) is 15.6. The molecule has 2 aromatic carbocycles. The number of aromatic nitrogens is 2. The van der Waals surface area contributed by atoms with Gasteiger partial charge in [0.25, 0.3) is 11.6 Å². The number of nitrogens with zero attached hydrogens (tertiary/aromatic N) is 3. The quantitative estimate of drug-likeness (QED) is 0.377. The van der Waals surface area contributed by atoms with Crippen molar-refractivity contribution < 1.29 is 32.0 Å². The van der Waals surface area contributed by atoms with Crippen LogP contribution >= 0.6 is 0 Å². The fraction of sp³-hybridized carbons (Fsp3) is 0.250. The van der Waals surface area contributed by atoms with E-state index in [0.717, 1.165) is 12.1 Å². The van der Waals surface area contributed by atoms with E-state index in [1.165, 1.54) is 32.4 Å². The topological polar surface area (TPSA) is 164 Å². The molecule has 1 heterocycles. The van der Waals surface area contributed by atoms with Crippen LogP contribution in [0.4, 0.5) is 11.7 Å². The van der Waals surface area contributed by atoms with Crippen LogP contribution in [0.1, 0.15) is 24.2 Å². The maximum atomic E-state index is 12.7. The zero-order chi connectivity index (χ0) is 24.3. The van der Waals surface area contributed by atoms with E-state index in [4.69, 9.17) is 13.9 Å². The van der Waals surface area contributed by atoms with E-state index in [-0.39, 0.29) is 33.9 Å². The molecule has 1 amide bonds. The van der Waals surface area contributed by atoms with Gasteiger partial charge in [-0.25, -0.2) is 8.42 Å². The number of methoxy groups -OCH3 is 2. The summed E-state index contributed by atoms with van der Waals surface area (Å²) in [6.45, 7) is 3.13. The molecule has 3 aromatic rings. The first-order valence-corrected chi connectivity index (χ1v) is 11.0. The van der Waals surface area contributed by atoms with Crippen LogP contribution in [0.25, 0.3) is 11.5 Å². The van der Waals surface area contributed by atoms with Crippen LogP contribution in [0, 0.1) is 10.1 Å². The molecule has 174 valence electrons. The summed E-state index contributed by atoms with van der Waals surface area (Å²) in [5.41, 5.74) is -0.513. The third-order valence-corrected chi connectivity index (χ3v) is 6.77. The van der Waals surface area contributed by atoms with Gasteiger partial charge in [0.15, 0.2) is 21.3 Å². The number of carbonyl (C=O) groups excluding carboxylic acids is 1. The normalized spacial score (nSPS) is 11.3. The number of nitrogens with one attached hydrogen (secondary N) is 1. The summed E-state index contributed by atoms with van der Waals surface area (Å²) in [6.07, 6.45) is 0. The molecule has 0 atom stereocenters. The number of rotatable bonds is 8. The number of sulfone groups is 1. The minimum atomic E-state index is -3.53. The summed E-state index contributed by atoms with van der Waals surface area (Å²) in [5.74, 6) is -0.749. The number of nitro benzene ring substituents is 1. The standard InChI is InChI=1S/C20H20N4O8S/c1-11(2)33(28,29)13-7-5-6-12(8-13)19-22-23-20(32-19)21-18(25)14-9-16(30-3)17(31-4)10-15(14)24(26)27/h5-11H,1-4H3,(H,21,23,25). The van der Waals surface area contributed by atoms with Crippen LogP contribution in [0.2, 0.25) is 0 Å². The predicted molar refractivity (Wildman–Crippen MR) is 116 cm³/mol. The Bertz CT molecular complexity index is 1320. The third-order valence-electron chi connectivity index (χ3n) is 4.62. The molecule has 13 heteroatoms. The third kappa shape index (κ3) is 4.77. The van der Waals surface area contributed by atoms with Crippen LogP contribution in [-0.4, -0.2) is 48.9 Å². The smallest absolute Gasteiger partial charge is 0.322 e. The minimum absolute atomic E-state index is 0.0482. The Morgan fingerprint density at radius 2 is 1.79 bits per heavy atom. The summed E-state index contributed by atoms with van der Waals surface area (Å²) in [5, 5.41) is 20.6. The van der Waals surface area contributed by atoms with Crippen LogP contribution < -0.4 is 14.8 Å². The van der Waals surface area contributed by atoms with Crippen molar-refractivity contribution in [1.82, 2.24) is 10.2 Å². The van der Waals surface area contributed by atoms with Crippen molar-refractivity contribution in [3.63, 3.8) is 0 Å². The van der Waals surface area contributed by atoms with Gasteiger partial charge in [-0.15, -0.1) is 5.10 Å². The lowest BCUT2D eigenvalue weighted by molar-refractivity contribution is -0.385. The molecule has 0 aliphatic rings. The average Bonchev–Trinajstić information content (AvgIpc) is 3.26. The molecule has 0 saturated heterocycles. The maximum Gasteiger partial charge on any atom is 0.322 e. The summed E-state index contributed by atoms with van der Waals surface area (Å²) in [4.78, 5) is 23.5. The second-order valence-electron chi connectivity index (χ2n) is 6.97. The Labute approximate surface area is 188 Å². The van der Waals surface area contributed by atoms with E-state index in [1.807, 2.05) is 0 Å². The molecule has 1 aromatic heterocycles. The molecule has 3 rings (SSSR count). The van der Waals surface area contributed by atoms with Gasteiger partial charge in [-0.2, -0.15) is 0 Å². The SMILES string of the molecule is COc1cc(C(=O)Nc2nnc(-c3cccc(S(=O)(=O)C(C)C)c3)o2)c([N+](=O)[O-])cc1OC. The summed E-state index contributed by atoms with van der Waals surface area (Å²) in [7, 11) is -0.896.